The molecule has 0 nitrogen and oxygen atoms in total. The van der Waals surface area contributed by atoms with Gasteiger partial charge >= 0.3 is 0 Å². The minimum absolute atomic E-state index is 1.29. The molecule has 0 amide bonds. The van der Waals surface area contributed by atoms with Gasteiger partial charge in [0, 0.05) is 4.91 Å². The Morgan fingerprint density at radius 1 is 1.06 bits per heavy atom. The van der Waals surface area contributed by atoms with Crippen molar-refractivity contribution in [1.82, 2.24) is 0 Å². The summed E-state index contributed by atoms with van der Waals surface area (Å²) in [6, 6.07) is 8.67. The fourth-order valence-corrected chi connectivity index (χ4v) is 4.99. The minimum atomic E-state index is 1.29. The Kier molecular flexibility index (Phi) is 4.11. The van der Waals surface area contributed by atoms with Crippen LogP contribution < -0.4 is 0 Å². The van der Waals surface area contributed by atoms with Crippen LogP contribution in [0.1, 0.15) is 18.1 Å². The standard InChI is InChI=1S/C13H14S3/c1-9-4-6-11(7-5-9)8-12-15-10(2)13(14-3)16-12/h4-8H,1-3H3/b12-8-. The van der Waals surface area contributed by atoms with Crippen molar-refractivity contribution in [2.24, 2.45) is 0 Å². The Labute approximate surface area is 110 Å². The lowest BCUT2D eigenvalue weighted by molar-refractivity contribution is 1.46. The number of hydrogen-bond donors (Lipinski definition) is 0. The molecule has 0 spiro atoms. The van der Waals surface area contributed by atoms with Crippen molar-refractivity contribution in [3.8, 4) is 0 Å². The topological polar surface area (TPSA) is 0 Å². The van der Waals surface area contributed by atoms with Gasteiger partial charge in [0.25, 0.3) is 0 Å². The maximum atomic E-state index is 2.27. The third-order valence-corrected chi connectivity index (χ3v) is 6.11. The molecule has 1 aliphatic rings. The van der Waals surface area contributed by atoms with E-state index in [4.69, 9.17) is 0 Å². The van der Waals surface area contributed by atoms with Crippen molar-refractivity contribution in [3.05, 3.63) is 48.8 Å². The minimum Gasteiger partial charge on any atom is -0.122 e. The van der Waals surface area contributed by atoms with E-state index in [2.05, 4.69) is 50.4 Å². The monoisotopic (exact) mass is 266 g/mol. The average Bonchev–Trinajstić information content (AvgIpc) is 2.62. The molecular formula is C13H14S3. The first-order valence-electron chi connectivity index (χ1n) is 5.08. The van der Waals surface area contributed by atoms with Crippen LogP contribution in [0.15, 0.2) is 37.6 Å². The Hall–Kier alpha value is -0.250. The van der Waals surface area contributed by atoms with Gasteiger partial charge in [-0.25, -0.2) is 0 Å². The molecule has 3 heteroatoms. The fourth-order valence-electron chi connectivity index (χ4n) is 1.42. The van der Waals surface area contributed by atoms with E-state index in [9.17, 15) is 0 Å². The SMILES string of the molecule is CSC1=C(C)S/C(=C/c2ccc(C)cc2)S1. The molecule has 1 aromatic rings. The van der Waals surface area contributed by atoms with Crippen LogP contribution in [0.3, 0.4) is 0 Å². The molecule has 84 valence electrons. The molecule has 0 saturated carbocycles. The third-order valence-electron chi connectivity index (χ3n) is 2.28. The zero-order valence-corrected chi connectivity index (χ0v) is 12.1. The lowest BCUT2D eigenvalue weighted by Crippen LogP contribution is -1.74. The number of hydrogen-bond acceptors (Lipinski definition) is 3. The van der Waals surface area contributed by atoms with Gasteiger partial charge in [-0.3, -0.25) is 0 Å². The van der Waals surface area contributed by atoms with Gasteiger partial charge < -0.3 is 0 Å². The summed E-state index contributed by atoms with van der Waals surface area (Å²) >= 11 is 5.60. The summed E-state index contributed by atoms with van der Waals surface area (Å²) in [6.45, 7) is 4.31. The molecule has 0 aliphatic carbocycles. The number of allylic oxidation sites excluding steroid dienone is 1. The molecule has 1 heterocycles. The highest BCUT2D eigenvalue weighted by atomic mass is 32.2. The maximum Gasteiger partial charge on any atom is 0.0548 e. The van der Waals surface area contributed by atoms with E-state index in [-0.39, 0.29) is 0 Å². The molecule has 16 heavy (non-hydrogen) atoms. The Balaban J connectivity index is 2.14. The van der Waals surface area contributed by atoms with E-state index in [1.165, 1.54) is 24.5 Å². The molecule has 1 aromatic carbocycles. The van der Waals surface area contributed by atoms with Gasteiger partial charge in [-0.1, -0.05) is 53.4 Å². The predicted molar refractivity (Wildman–Crippen MR) is 80.6 cm³/mol. The van der Waals surface area contributed by atoms with E-state index in [1.54, 1.807) is 0 Å². The fraction of sp³-hybridized carbons (Fsp3) is 0.231. The van der Waals surface area contributed by atoms with E-state index >= 15 is 0 Å². The summed E-state index contributed by atoms with van der Waals surface area (Å²) in [5, 5.41) is 0. The second kappa shape index (κ2) is 5.39. The van der Waals surface area contributed by atoms with Crippen LogP contribution in [0.2, 0.25) is 0 Å². The summed E-state index contributed by atoms with van der Waals surface area (Å²) in [7, 11) is 0. The van der Waals surface area contributed by atoms with Crippen LogP contribution in [0.25, 0.3) is 6.08 Å². The number of rotatable bonds is 2. The van der Waals surface area contributed by atoms with Gasteiger partial charge in [0.15, 0.2) is 0 Å². The molecule has 0 saturated heterocycles. The summed E-state index contributed by atoms with van der Waals surface area (Å²) in [5.41, 5.74) is 2.60. The normalized spacial score (nSPS) is 18.6. The van der Waals surface area contributed by atoms with Crippen LogP contribution in [0.5, 0.6) is 0 Å². The highest BCUT2D eigenvalue weighted by Crippen LogP contribution is 2.53. The molecule has 0 N–H and O–H groups in total. The van der Waals surface area contributed by atoms with Gasteiger partial charge in [-0.2, -0.15) is 0 Å². The number of benzene rings is 1. The predicted octanol–water partition coefficient (Wildman–Crippen LogP) is 5.33. The lowest BCUT2D eigenvalue weighted by Gasteiger charge is -1.98. The number of thioether (sulfide) groups is 3. The third kappa shape index (κ3) is 2.90. The molecule has 1 aliphatic heterocycles. The molecule has 0 aromatic heterocycles. The van der Waals surface area contributed by atoms with Crippen LogP contribution in [-0.2, 0) is 0 Å². The zero-order valence-electron chi connectivity index (χ0n) is 9.61. The van der Waals surface area contributed by atoms with Crippen molar-refractivity contribution >= 4 is 41.4 Å². The molecule has 0 fully saturated rings. The highest BCUT2D eigenvalue weighted by molar-refractivity contribution is 8.35. The molecular weight excluding hydrogens is 252 g/mol. The van der Waals surface area contributed by atoms with Crippen molar-refractivity contribution in [3.63, 3.8) is 0 Å². The summed E-state index contributed by atoms with van der Waals surface area (Å²) in [6.07, 6.45) is 4.41. The second-order valence-electron chi connectivity index (χ2n) is 3.63. The summed E-state index contributed by atoms with van der Waals surface area (Å²) in [5.74, 6) is 0. The molecule has 0 atom stereocenters. The lowest BCUT2D eigenvalue weighted by atomic mass is 10.1. The Morgan fingerprint density at radius 2 is 1.75 bits per heavy atom. The molecule has 0 unspecified atom stereocenters. The van der Waals surface area contributed by atoms with Gasteiger partial charge in [-0.15, -0.1) is 11.8 Å². The largest absolute Gasteiger partial charge is 0.122 e. The quantitative estimate of drug-likeness (QED) is 0.710. The van der Waals surface area contributed by atoms with Gasteiger partial charge in [0.1, 0.15) is 0 Å². The smallest absolute Gasteiger partial charge is 0.0548 e. The van der Waals surface area contributed by atoms with Crippen molar-refractivity contribution in [2.45, 2.75) is 13.8 Å². The van der Waals surface area contributed by atoms with Gasteiger partial charge in [0.2, 0.25) is 0 Å². The van der Waals surface area contributed by atoms with Crippen LogP contribution in [0.4, 0.5) is 0 Å². The van der Waals surface area contributed by atoms with E-state index in [0.717, 1.165) is 0 Å². The van der Waals surface area contributed by atoms with Crippen LogP contribution in [0, 0.1) is 6.92 Å². The maximum absolute atomic E-state index is 2.27. The summed E-state index contributed by atoms with van der Waals surface area (Å²) < 4.78 is 2.81. The van der Waals surface area contributed by atoms with Crippen LogP contribution >= 0.6 is 35.3 Å². The van der Waals surface area contributed by atoms with Crippen molar-refractivity contribution < 1.29 is 0 Å². The average molecular weight is 266 g/mol. The number of aryl methyl sites for hydroxylation is 1. The molecule has 0 bridgehead atoms. The van der Waals surface area contributed by atoms with Crippen molar-refractivity contribution in [1.29, 1.82) is 0 Å². The second-order valence-corrected chi connectivity index (χ2v) is 7.27. The van der Waals surface area contributed by atoms with Crippen LogP contribution in [-0.4, -0.2) is 6.26 Å². The van der Waals surface area contributed by atoms with E-state index < -0.39 is 0 Å². The van der Waals surface area contributed by atoms with Crippen molar-refractivity contribution in [2.75, 3.05) is 6.26 Å². The van der Waals surface area contributed by atoms with Gasteiger partial charge in [-0.05, 0) is 31.7 Å². The first-order valence-corrected chi connectivity index (χ1v) is 7.94. The first kappa shape index (κ1) is 12.2. The van der Waals surface area contributed by atoms with Gasteiger partial charge in [0.05, 0.1) is 8.47 Å². The van der Waals surface area contributed by atoms with E-state index in [0.29, 0.717) is 0 Å². The molecule has 2 rings (SSSR count). The Morgan fingerprint density at radius 3 is 2.31 bits per heavy atom. The summed E-state index contributed by atoms with van der Waals surface area (Å²) in [4.78, 5) is 1.43. The first-order chi connectivity index (χ1) is 7.69. The Bertz CT molecular complexity index is 441. The van der Waals surface area contributed by atoms with E-state index in [1.807, 2.05) is 35.3 Å². The highest BCUT2D eigenvalue weighted by Gasteiger charge is 2.16. The molecule has 0 radical (unpaired) electrons. The zero-order chi connectivity index (χ0) is 11.5.